The number of ether oxygens (including phenoxy) is 1. The zero-order valence-corrected chi connectivity index (χ0v) is 28.6. The van der Waals surface area contributed by atoms with E-state index in [1.165, 1.54) is 0 Å². The van der Waals surface area contributed by atoms with Crippen LogP contribution in [0.25, 0.3) is 0 Å². The van der Waals surface area contributed by atoms with E-state index < -0.39 is 78.1 Å². The van der Waals surface area contributed by atoms with Crippen LogP contribution in [0.2, 0.25) is 0 Å². The van der Waals surface area contributed by atoms with Gasteiger partial charge in [0.05, 0.1) is 23.8 Å². The minimum atomic E-state index is -1.51. The van der Waals surface area contributed by atoms with Crippen molar-refractivity contribution < 1.29 is 53.3 Å². The topological polar surface area (TPSA) is 262 Å². The summed E-state index contributed by atoms with van der Waals surface area (Å²) in [6.07, 6.45) is 0.692. The van der Waals surface area contributed by atoms with Crippen LogP contribution in [-0.4, -0.2) is 87.4 Å². The molecule has 2 atom stereocenters. The molecule has 0 saturated carbocycles. The van der Waals surface area contributed by atoms with Crippen LogP contribution >= 0.6 is 0 Å². The van der Waals surface area contributed by atoms with Gasteiger partial charge in [-0.3, -0.25) is 33.7 Å². The predicted octanol–water partition coefficient (Wildman–Crippen LogP) is 3.26. The number of alkyl carbamates (subject to hydrolysis) is 1. The predicted molar refractivity (Wildman–Crippen MR) is 184 cm³/mol. The summed E-state index contributed by atoms with van der Waals surface area (Å²) >= 11 is 0. The molecule has 0 saturated heterocycles. The van der Waals surface area contributed by atoms with Crippen molar-refractivity contribution in [2.75, 3.05) is 23.7 Å². The van der Waals surface area contributed by atoms with Gasteiger partial charge in [-0.1, -0.05) is 0 Å². The van der Waals surface area contributed by atoms with Crippen molar-refractivity contribution in [3.63, 3.8) is 0 Å². The summed E-state index contributed by atoms with van der Waals surface area (Å²) in [5.41, 5.74) is 0.901. The third kappa shape index (κ3) is 13.8. The number of hydrogen-bond donors (Lipinski definition) is 6. The van der Waals surface area contributed by atoms with Crippen LogP contribution in [0, 0.1) is 5.92 Å². The molecule has 0 unspecified atom stereocenters. The molecule has 18 heteroatoms. The number of amides is 6. The largest absolute Gasteiger partial charge is 0.481 e. The zero-order valence-electron chi connectivity index (χ0n) is 28.6. The molecule has 1 aliphatic heterocycles. The van der Waals surface area contributed by atoms with Crippen molar-refractivity contribution in [1.29, 1.82) is 0 Å². The number of benzene rings is 2. The summed E-state index contributed by atoms with van der Waals surface area (Å²) in [6, 6.07) is 11.2. The molecule has 0 aliphatic carbocycles. The van der Waals surface area contributed by atoms with Crippen molar-refractivity contribution in [2.24, 2.45) is 16.1 Å². The number of carboxylic acids is 2. The Balaban J connectivity index is 1.38. The lowest BCUT2D eigenvalue weighted by Crippen LogP contribution is -2.45. The van der Waals surface area contributed by atoms with Gasteiger partial charge in [0.1, 0.15) is 18.2 Å². The molecule has 0 bridgehead atoms. The Hall–Kier alpha value is -6.46. The molecule has 2 aromatic rings. The number of carbonyl (C=O) groups is 8. The Morgan fingerprint density at radius 1 is 0.769 bits per heavy atom. The van der Waals surface area contributed by atoms with Crippen LogP contribution in [0.5, 0.6) is 0 Å². The molecule has 276 valence electrons. The Bertz CT molecular complexity index is 1720. The molecule has 18 nitrogen and oxygen atoms in total. The summed E-state index contributed by atoms with van der Waals surface area (Å²) in [5.74, 6) is -6.57. The van der Waals surface area contributed by atoms with Gasteiger partial charge >= 0.3 is 18.0 Å². The number of hydrogen-bond acceptors (Lipinski definition) is 11. The smallest absolute Gasteiger partial charge is 0.408 e. The first kappa shape index (κ1) is 40.0. The van der Waals surface area contributed by atoms with E-state index in [9.17, 15) is 48.6 Å². The number of carbonyl (C=O) groups excluding carboxylic acids is 6. The minimum absolute atomic E-state index is 0.0483. The molecule has 1 aliphatic rings. The average molecular weight is 722 g/mol. The van der Waals surface area contributed by atoms with Crippen molar-refractivity contribution >= 4 is 70.3 Å². The molecular weight excluding hydrogens is 682 g/mol. The molecule has 52 heavy (non-hydrogen) atoms. The van der Waals surface area contributed by atoms with Gasteiger partial charge < -0.3 is 36.2 Å². The lowest BCUT2D eigenvalue weighted by molar-refractivity contribution is -0.145. The van der Waals surface area contributed by atoms with Gasteiger partial charge in [0.15, 0.2) is 0 Å². The van der Waals surface area contributed by atoms with Crippen LogP contribution in [-0.2, 0) is 38.3 Å². The third-order valence-corrected chi connectivity index (χ3v) is 7.05. The Kier molecular flexibility index (Phi) is 14.2. The summed E-state index contributed by atoms with van der Waals surface area (Å²) in [5, 5.41) is 37.0. The van der Waals surface area contributed by atoms with Gasteiger partial charge in [-0.05, 0) is 88.6 Å². The maximum Gasteiger partial charge on any atom is 0.408 e. The number of anilines is 2. The van der Waals surface area contributed by atoms with E-state index in [4.69, 9.17) is 4.74 Å². The summed E-state index contributed by atoms with van der Waals surface area (Å²) in [6.45, 7) is 4.01. The van der Waals surface area contributed by atoms with Crippen molar-refractivity contribution in [1.82, 2.24) is 15.5 Å². The quantitative estimate of drug-likeness (QED) is 0.102. The number of imide groups is 1. The summed E-state index contributed by atoms with van der Waals surface area (Å²) in [7, 11) is 0. The molecule has 0 aromatic heterocycles. The fourth-order valence-corrected chi connectivity index (χ4v) is 4.55. The molecule has 6 N–H and O–H groups in total. The lowest BCUT2D eigenvalue weighted by Gasteiger charge is -2.23. The van der Waals surface area contributed by atoms with E-state index in [0.717, 1.165) is 17.1 Å². The van der Waals surface area contributed by atoms with E-state index in [1.807, 2.05) is 0 Å². The second-order valence-electron chi connectivity index (χ2n) is 12.5. The van der Waals surface area contributed by atoms with Crippen LogP contribution in [0.4, 0.5) is 27.5 Å². The maximum atomic E-state index is 12.3. The highest BCUT2D eigenvalue weighted by atomic mass is 16.6. The molecule has 0 fully saturated rings. The number of nitrogens with zero attached hydrogens (tertiary/aromatic N) is 3. The number of nitrogens with one attached hydrogen (secondary N) is 4. The van der Waals surface area contributed by atoms with Gasteiger partial charge in [0.25, 0.3) is 11.8 Å². The van der Waals surface area contributed by atoms with Crippen LogP contribution in [0.3, 0.4) is 0 Å². The maximum absolute atomic E-state index is 12.3. The Labute approximate surface area is 297 Å². The molecule has 3 rings (SSSR count). The van der Waals surface area contributed by atoms with Gasteiger partial charge in [0.2, 0.25) is 17.7 Å². The van der Waals surface area contributed by atoms with Gasteiger partial charge in [0, 0.05) is 29.9 Å². The summed E-state index contributed by atoms with van der Waals surface area (Å²) in [4.78, 5) is 96.1. The second kappa shape index (κ2) is 18.5. The molecule has 1 heterocycles. The second-order valence-corrected chi connectivity index (χ2v) is 12.5. The molecular formula is C34H39N7O11. The molecule has 6 amide bonds. The van der Waals surface area contributed by atoms with E-state index in [0.29, 0.717) is 22.7 Å². The van der Waals surface area contributed by atoms with Crippen molar-refractivity contribution in [3.05, 3.63) is 60.7 Å². The van der Waals surface area contributed by atoms with Crippen LogP contribution in [0.15, 0.2) is 70.9 Å². The monoisotopic (exact) mass is 721 g/mol. The highest BCUT2D eigenvalue weighted by Crippen LogP contribution is 2.22. The first-order valence-corrected chi connectivity index (χ1v) is 16.0. The van der Waals surface area contributed by atoms with Gasteiger partial charge in [-0.15, -0.1) is 0 Å². The van der Waals surface area contributed by atoms with Crippen LogP contribution < -0.4 is 21.3 Å². The first-order valence-electron chi connectivity index (χ1n) is 16.0. The summed E-state index contributed by atoms with van der Waals surface area (Å²) < 4.78 is 5.04. The van der Waals surface area contributed by atoms with Gasteiger partial charge in [-0.2, -0.15) is 10.2 Å². The standard InChI is InChI=1S/C34H39N7O11/c1-34(2,3)52-33(51)38-25(32(49)50)17-20(31(47)48)5-4-6-26(42)35-18-27(43)36-21-7-11-23(12-8-21)39-40-24-13-9-22(10-14-24)37-28(44)19-41-29(45)15-16-30(41)46/h7-16,20,25H,4-6,17-19H2,1-3H3,(H,35,42)(H,36,43)(H,37,44)(H,38,51)(H,47,48)(H,49,50)/t20-,25+/m1/s1. The van der Waals surface area contributed by atoms with Crippen molar-refractivity contribution in [3.8, 4) is 0 Å². The number of azo groups is 1. The highest BCUT2D eigenvalue weighted by Gasteiger charge is 2.30. The van der Waals surface area contributed by atoms with E-state index in [1.54, 1.807) is 69.3 Å². The Morgan fingerprint density at radius 2 is 1.29 bits per heavy atom. The average Bonchev–Trinajstić information content (AvgIpc) is 3.37. The number of carboxylic acid groups (broad SMARTS) is 2. The van der Waals surface area contributed by atoms with Crippen molar-refractivity contribution in [2.45, 2.75) is 58.1 Å². The van der Waals surface area contributed by atoms with E-state index in [2.05, 4.69) is 31.5 Å². The van der Waals surface area contributed by atoms with E-state index >= 15 is 0 Å². The zero-order chi connectivity index (χ0) is 38.4. The molecule has 0 spiro atoms. The molecule has 0 radical (unpaired) electrons. The number of aliphatic carboxylic acids is 2. The van der Waals surface area contributed by atoms with Gasteiger partial charge in [-0.25, -0.2) is 9.59 Å². The highest BCUT2D eigenvalue weighted by molar-refractivity contribution is 6.15. The fourth-order valence-electron chi connectivity index (χ4n) is 4.55. The normalized spacial score (nSPS) is 13.7. The van der Waals surface area contributed by atoms with E-state index in [-0.39, 0.29) is 25.8 Å². The Morgan fingerprint density at radius 3 is 1.77 bits per heavy atom. The number of rotatable bonds is 17. The first-order chi connectivity index (χ1) is 24.5. The lowest BCUT2D eigenvalue weighted by atomic mass is 9.94. The van der Waals surface area contributed by atoms with Crippen LogP contribution in [0.1, 0.15) is 46.5 Å². The SMILES string of the molecule is CC(C)(C)OC(=O)N[C@@H](C[C@@H](CCCC(=O)NCC(=O)Nc1ccc(N=Nc2ccc(NC(=O)CN3C(=O)C=CC3=O)cc2)cc1)C(=O)O)C(=O)O. The molecule has 2 aromatic carbocycles. The minimum Gasteiger partial charge on any atom is -0.481 e. The fraction of sp³-hybridized carbons (Fsp3) is 0.353. The third-order valence-electron chi connectivity index (χ3n) is 7.05.